The number of hydrogen-bond donors (Lipinski definition) is 0. The summed E-state index contributed by atoms with van der Waals surface area (Å²) in [6.45, 7) is 4.02. The molecule has 4 rings (SSSR count). The summed E-state index contributed by atoms with van der Waals surface area (Å²) < 4.78 is 1.86. The number of aryl methyl sites for hydroxylation is 2. The fraction of sp³-hybridized carbons (Fsp3) is 0.130. The number of pyridine rings is 3. The molecule has 0 aliphatic rings. The van der Waals surface area contributed by atoms with Crippen LogP contribution in [0, 0.1) is 13.8 Å². The van der Waals surface area contributed by atoms with E-state index in [1.807, 2.05) is 35.8 Å². The van der Waals surface area contributed by atoms with Crippen molar-refractivity contribution in [3.63, 3.8) is 0 Å². The quantitative estimate of drug-likeness (QED) is 0.404. The Labute approximate surface area is 169 Å². The summed E-state index contributed by atoms with van der Waals surface area (Å²) in [7, 11) is 5.80. The lowest BCUT2D eigenvalue weighted by Gasteiger charge is -2.14. The Kier molecular flexibility index (Phi) is 4.85. The molecule has 2 radical (unpaired) electrons. The van der Waals surface area contributed by atoms with Gasteiger partial charge in [-0.3, -0.25) is 19.6 Å². The van der Waals surface area contributed by atoms with Gasteiger partial charge in [-0.15, -0.1) is 0 Å². The lowest BCUT2D eigenvalue weighted by Crippen LogP contribution is -2.21. The lowest BCUT2D eigenvalue weighted by atomic mass is 10.0. The average molecular weight is 379 g/mol. The van der Waals surface area contributed by atoms with Crippen LogP contribution in [-0.2, 0) is 6.54 Å². The number of hydrogen-bond acceptors (Lipinski definition) is 4. The molecule has 0 unspecified atom stereocenters. The molecular weight excluding hydrogens is 361 g/mol. The highest BCUT2D eigenvalue weighted by Gasteiger charge is 2.19. The van der Waals surface area contributed by atoms with Crippen LogP contribution in [0.4, 0.5) is 0 Å². The normalized spacial score (nSPS) is 11.0. The van der Waals surface area contributed by atoms with Crippen LogP contribution in [0.25, 0.3) is 10.9 Å². The van der Waals surface area contributed by atoms with E-state index in [9.17, 15) is 9.59 Å². The molecule has 3 heterocycles. The van der Waals surface area contributed by atoms with E-state index in [4.69, 9.17) is 7.85 Å². The van der Waals surface area contributed by atoms with Crippen molar-refractivity contribution in [1.82, 2.24) is 14.5 Å². The molecule has 6 heteroatoms. The van der Waals surface area contributed by atoms with Crippen molar-refractivity contribution in [2.24, 2.45) is 0 Å². The minimum atomic E-state index is -0.333. The van der Waals surface area contributed by atoms with Gasteiger partial charge in [0.15, 0.2) is 5.78 Å². The first kappa shape index (κ1) is 18.8. The number of para-hydroxylation sites is 1. The Morgan fingerprint density at radius 3 is 2.52 bits per heavy atom. The molecule has 5 nitrogen and oxygen atoms in total. The molecule has 0 aliphatic heterocycles. The summed E-state index contributed by atoms with van der Waals surface area (Å²) in [4.78, 5) is 35.0. The second kappa shape index (κ2) is 7.47. The third kappa shape index (κ3) is 3.61. The van der Waals surface area contributed by atoms with E-state index >= 15 is 0 Å². The zero-order valence-electron chi connectivity index (χ0n) is 16.2. The van der Waals surface area contributed by atoms with Crippen molar-refractivity contribution in [3.05, 3.63) is 99.2 Å². The Hall–Kier alpha value is -3.54. The molecule has 0 spiro atoms. The molecule has 0 N–H and O–H groups in total. The molecule has 0 atom stereocenters. The van der Waals surface area contributed by atoms with Gasteiger partial charge in [0.25, 0.3) is 0 Å². The molecule has 0 saturated carbocycles. The standard InChI is InChI=1S/C23H18BN3O2/c1-14-10-11-17(15(2)25-14)22(28)19-13-27(12-16-6-5-9-21(24)26-16)20-8-4-3-7-18(20)23(19)29/h3-11,13H,12H2,1-2H3. The van der Waals surface area contributed by atoms with Gasteiger partial charge >= 0.3 is 0 Å². The first-order chi connectivity index (χ1) is 13.9. The van der Waals surface area contributed by atoms with Crippen molar-refractivity contribution in [3.8, 4) is 0 Å². The molecule has 0 bridgehead atoms. The summed E-state index contributed by atoms with van der Waals surface area (Å²) in [6, 6.07) is 16.1. The van der Waals surface area contributed by atoms with Crippen molar-refractivity contribution in [1.29, 1.82) is 0 Å². The highest BCUT2D eigenvalue weighted by Crippen LogP contribution is 2.17. The zero-order valence-corrected chi connectivity index (χ0v) is 16.2. The predicted molar refractivity (Wildman–Crippen MR) is 114 cm³/mol. The maximum atomic E-state index is 13.2. The minimum Gasteiger partial charge on any atom is -0.340 e. The van der Waals surface area contributed by atoms with Gasteiger partial charge in [0, 0.05) is 28.5 Å². The molecule has 0 fully saturated rings. The highest BCUT2D eigenvalue weighted by molar-refractivity contribution is 6.30. The molecule has 0 saturated heterocycles. The van der Waals surface area contributed by atoms with Crippen LogP contribution in [0.2, 0.25) is 0 Å². The Morgan fingerprint density at radius 1 is 0.966 bits per heavy atom. The lowest BCUT2D eigenvalue weighted by molar-refractivity contribution is 0.103. The fourth-order valence-corrected chi connectivity index (χ4v) is 3.47. The van der Waals surface area contributed by atoms with Crippen molar-refractivity contribution in [2.45, 2.75) is 20.4 Å². The molecule has 1 aromatic carbocycles. The smallest absolute Gasteiger partial charge is 0.200 e. The van der Waals surface area contributed by atoms with Crippen LogP contribution in [0.3, 0.4) is 0 Å². The number of carbonyl (C=O) groups excluding carboxylic acids is 1. The summed E-state index contributed by atoms with van der Waals surface area (Å²) >= 11 is 0. The van der Waals surface area contributed by atoms with Gasteiger partial charge < -0.3 is 4.57 Å². The van der Waals surface area contributed by atoms with Crippen LogP contribution < -0.4 is 11.0 Å². The topological polar surface area (TPSA) is 64.8 Å². The Morgan fingerprint density at radius 2 is 1.76 bits per heavy atom. The average Bonchev–Trinajstić information content (AvgIpc) is 2.70. The van der Waals surface area contributed by atoms with E-state index in [2.05, 4.69) is 9.97 Å². The van der Waals surface area contributed by atoms with Gasteiger partial charge in [0.2, 0.25) is 5.43 Å². The number of benzene rings is 1. The first-order valence-electron chi connectivity index (χ1n) is 9.26. The number of rotatable bonds is 4. The molecule has 3 aromatic heterocycles. The fourth-order valence-electron chi connectivity index (χ4n) is 3.47. The van der Waals surface area contributed by atoms with Gasteiger partial charge in [-0.2, -0.15) is 0 Å². The molecule has 0 aliphatic carbocycles. The molecular formula is C23H18BN3O2. The van der Waals surface area contributed by atoms with Gasteiger partial charge in [-0.1, -0.05) is 24.3 Å². The van der Waals surface area contributed by atoms with E-state index in [0.717, 1.165) is 16.9 Å². The zero-order chi connectivity index (χ0) is 20.5. The summed E-state index contributed by atoms with van der Waals surface area (Å²) in [5.41, 5.74) is 3.57. The van der Waals surface area contributed by atoms with Crippen LogP contribution in [0.5, 0.6) is 0 Å². The van der Waals surface area contributed by atoms with Crippen molar-refractivity contribution >= 4 is 30.1 Å². The van der Waals surface area contributed by atoms with E-state index in [-0.39, 0.29) is 16.8 Å². The van der Waals surface area contributed by atoms with Crippen LogP contribution in [0.15, 0.2) is 65.6 Å². The van der Waals surface area contributed by atoms with E-state index in [1.54, 1.807) is 43.5 Å². The van der Waals surface area contributed by atoms with Crippen molar-refractivity contribution in [2.75, 3.05) is 0 Å². The Balaban J connectivity index is 1.90. The van der Waals surface area contributed by atoms with Crippen LogP contribution >= 0.6 is 0 Å². The summed E-state index contributed by atoms with van der Waals surface area (Å²) in [5.74, 6) is -0.333. The highest BCUT2D eigenvalue weighted by atomic mass is 16.1. The largest absolute Gasteiger partial charge is 0.340 e. The Bertz CT molecular complexity index is 1310. The van der Waals surface area contributed by atoms with Gasteiger partial charge in [0.1, 0.15) is 7.85 Å². The van der Waals surface area contributed by atoms with Crippen molar-refractivity contribution < 1.29 is 4.79 Å². The SMILES string of the molecule is [B]c1cccc(Cn2cc(C(=O)c3ccc(C)nc3C)c(=O)c3ccccc32)n1. The van der Waals surface area contributed by atoms with E-state index < -0.39 is 0 Å². The first-order valence-corrected chi connectivity index (χ1v) is 9.26. The number of fused-ring (bicyclic) bond motifs is 1. The molecule has 0 amide bonds. The van der Waals surface area contributed by atoms with E-state index in [0.29, 0.717) is 28.8 Å². The molecule has 29 heavy (non-hydrogen) atoms. The summed E-state index contributed by atoms with van der Waals surface area (Å²) in [6.07, 6.45) is 1.61. The molecule has 140 valence electrons. The number of carbonyl (C=O) groups is 1. The van der Waals surface area contributed by atoms with Crippen LogP contribution in [-0.4, -0.2) is 28.2 Å². The van der Waals surface area contributed by atoms with Gasteiger partial charge in [0.05, 0.1) is 23.3 Å². The number of aromatic nitrogens is 3. The molecule has 4 aromatic rings. The monoisotopic (exact) mass is 379 g/mol. The van der Waals surface area contributed by atoms with Crippen LogP contribution in [0.1, 0.15) is 33.0 Å². The third-order valence-electron chi connectivity index (χ3n) is 4.86. The maximum Gasteiger partial charge on any atom is 0.200 e. The van der Waals surface area contributed by atoms with Gasteiger partial charge in [-0.25, -0.2) is 0 Å². The number of ketones is 1. The third-order valence-corrected chi connectivity index (χ3v) is 4.86. The van der Waals surface area contributed by atoms with E-state index in [1.165, 1.54) is 0 Å². The second-order valence-electron chi connectivity index (χ2n) is 6.99. The number of nitrogens with zero attached hydrogens (tertiary/aromatic N) is 3. The minimum absolute atomic E-state index is 0.112. The maximum absolute atomic E-state index is 13.2. The van der Waals surface area contributed by atoms with Gasteiger partial charge in [-0.05, 0) is 49.8 Å². The summed E-state index contributed by atoms with van der Waals surface area (Å²) in [5, 5.41) is 0.486. The predicted octanol–water partition coefficient (Wildman–Crippen LogP) is 2.48. The second-order valence-corrected chi connectivity index (χ2v) is 6.99.